The number of hydrogen-bond acceptors (Lipinski definition) is 0. The summed E-state index contributed by atoms with van der Waals surface area (Å²) in [6.07, 6.45) is 6.05. The second-order valence-corrected chi connectivity index (χ2v) is 3.98. The van der Waals surface area contributed by atoms with E-state index < -0.39 is 0 Å². The van der Waals surface area contributed by atoms with Crippen molar-refractivity contribution in [3.05, 3.63) is 60.7 Å². The van der Waals surface area contributed by atoms with E-state index in [4.69, 9.17) is 0 Å². The Hall–Kier alpha value is -1.56. The topological polar surface area (TPSA) is 0 Å². The van der Waals surface area contributed by atoms with Crippen molar-refractivity contribution < 1.29 is 0 Å². The molecule has 16 heavy (non-hydrogen) atoms. The van der Waals surface area contributed by atoms with Gasteiger partial charge in [0.1, 0.15) is 0 Å². The first-order valence-electron chi connectivity index (χ1n) is 5.71. The molecule has 0 aliphatic carbocycles. The molecule has 0 aliphatic rings. The molecule has 0 fully saturated rings. The van der Waals surface area contributed by atoms with Crippen molar-refractivity contribution in [1.82, 2.24) is 0 Å². The van der Waals surface area contributed by atoms with E-state index in [1.54, 1.807) is 0 Å². The van der Waals surface area contributed by atoms with E-state index in [-0.39, 0.29) is 0 Å². The largest absolute Gasteiger partial charge is 0.103 e. The molecule has 0 heteroatoms. The van der Waals surface area contributed by atoms with Gasteiger partial charge in [0.15, 0.2) is 0 Å². The number of rotatable bonds is 5. The Kier molecular flexibility index (Phi) is 4.78. The van der Waals surface area contributed by atoms with Crippen LogP contribution in [-0.2, 0) is 0 Å². The monoisotopic (exact) mass is 212 g/mol. The molecule has 0 saturated heterocycles. The highest BCUT2D eigenvalue weighted by molar-refractivity contribution is 5.68. The summed E-state index contributed by atoms with van der Waals surface area (Å²) in [7, 11) is 0. The Labute approximate surface area is 99.0 Å². The van der Waals surface area contributed by atoms with Gasteiger partial charge in [0.25, 0.3) is 0 Å². The lowest BCUT2D eigenvalue weighted by Gasteiger charge is -2.06. The van der Waals surface area contributed by atoms with E-state index in [9.17, 15) is 0 Å². The Morgan fingerprint density at radius 3 is 2.25 bits per heavy atom. The second-order valence-electron chi connectivity index (χ2n) is 3.98. The van der Waals surface area contributed by atoms with Gasteiger partial charge in [-0.15, -0.1) is 6.58 Å². The van der Waals surface area contributed by atoms with Crippen molar-refractivity contribution in [2.75, 3.05) is 0 Å². The van der Waals surface area contributed by atoms with Gasteiger partial charge in [-0.2, -0.15) is 0 Å². The van der Waals surface area contributed by atoms with Crippen LogP contribution in [0.3, 0.4) is 0 Å². The molecule has 0 atom stereocenters. The maximum Gasteiger partial charge on any atom is -0.0230 e. The minimum atomic E-state index is 0.992. The van der Waals surface area contributed by atoms with Crippen LogP contribution in [0.4, 0.5) is 0 Å². The molecule has 84 valence electrons. The molecule has 0 bridgehead atoms. The van der Waals surface area contributed by atoms with Crippen LogP contribution in [0.15, 0.2) is 49.6 Å². The minimum Gasteiger partial charge on any atom is -0.103 e. The van der Waals surface area contributed by atoms with Crippen molar-refractivity contribution in [1.29, 1.82) is 0 Å². The fourth-order valence-electron chi connectivity index (χ4n) is 1.56. The summed E-state index contributed by atoms with van der Waals surface area (Å²) in [5, 5.41) is 0. The molecule has 1 aromatic carbocycles. The van der Waals surface area contributed by atoms with E-state index in [0.717, 1.165) is 12.8 Å². The molecule has 0 radical (unpaired) electrons. The molecule has 0 amide bonds. The predicted molar refractivity (Wildman–Crippen MR) is 74.2 cm³/mol. The number of hydrogen-bond donors (Lipinski definition) is 0. The van der Waals surface area contributed by atoms with Gasteiger partial charge in [0, 0.05) is 0 Å². The highest BCUT2D eigenvalue weighted by atomic mass is 14.0. The summed E-state index contributed by atoms with van der Waals surface area (Å²) in [4.78, 5) is 0. The van der Waals surface area contributed by atoms with Gasteiger partial charge < -0.3 is 0 Å². The number of allylic oxidation sites excluding steroid dienone is 4. The standard InChI is InChI=1S/C16H20/c1-5-7-8-14(4)16-11-9-15(10-12-16)13(3)6-2/h5-6,9-12H,1,4,7-8H2,2-3H3/b13-6+. The maximum atomic E-state index is 4.09. The van der Waals surface area contributed by atoms with Crippen LogP contribution in [-0.4, -0.2) is 0 Å². The fourth-order valence-corrected chi connectivity index (χ4v) is 1.56. The van der Waals surface area contributed by atoms with Crippen molar-refractivity contribution in [3.63, 3.8) is 0 Å². The van der Waals surface area contributed by atoms with Gasteiger partial charge in [-0.05, 0) is 49.0 Å². The quantitative estimate of drug-likeness (QED) is 0.596. The molecular formula is C16H20. The zero-order valence-corrected chi connectivity index (χ0v) is 10.3. The summed E-state index contributed by atoms with van der Waals surface area (Å²) in [6.45, 7) is 12.0. The molecule has 0 aromatic heterocycles. The lowest BCUT2D eigenvalue weighted by Crippen LogP contribution is -1.85. The zero-order valence-electron chi connectivity index (χ0n) is 10.3. The molecule has 0 unspecified atom stereocenters. The highest BCUT2D eigenvalue weighted by Crippen LogP contribution is 2.21. The third kappa shape index (κ3) is 3.23. The second kappa shape index (κ2) is 6.12. The lowest BCUT2D eigenvalue weighted by atomic mass is 9.99. The van der Waals surface area contributed by atoms with Gasteiger partial charge >= 0.3 is 0 Å². The first kappa shape index (κ1) is 12.5. The molecular weight excluding hydrogens is 192 g/mol. The first-order valence-corrected chi connectivity index (χ1v) is 5.71. The van der Waals surface area contributed by atoms with Crippen LogP contribution < -0.4 is 0 Å². The fraction of sp³-hybridized carbons (Fsp3) is 0.250. The SMILES string of the molecule is C=CCCC(=C)c1ccc(/C(C)=C/C)cc1. The Balaban J connectivity index is 2.78. The first-order chi connectivity index (χ1) is 7.69. The van der Waals surface area contributed by atoms with E-state index in [2.05, 4.69) is 57.3 Å². The van der Waals surface area contributed by atoms with Gasteiger partial charge in [0.05, 0.1) is 0 Å². The van der Waals surface area contributed by atoms with Crippen LogP contribution in [0.5, 0.6) is 0 Å². The predicted octanol–water partition coefficient (Wildman–Crippen LogP) is 5.09. The summed E-state index contributed by atoms with van der Waals surface area (Å²) >= 11 is 0. The van der Waals surface area contributed by atoms with Gasteiger partial charge in [-0.1, -0.05) is 43.0 Å². The Morgan fingerprint density at radius 2 is 1.75 bits per heavy atom. The van der Waals surface area contributed by atoms with E-state index in [1.165, 1.54) is 22.3 Å². The average Bonchev–Trinajstić information content (AvgIpc) is 2.35. The van der Waals surface area contributed by atoms with Crippen molar-refractivity contribution in [2.45, 2.75) is 26.7 Å². The summed E-state index contributed by atoms with van der Waals surface area (Å²) in [5.41, 5.74) is 5.00. The third-order valence-electron chi connectivity index (χ3n) is 2.83. The molecule has 1 rings (SSSR count). The van der Waals surface area contributed by atoms with Crippen molar-refractivity contribution in [2.24, 2.45) is 0 Å². The van der Waals surface area contributed by atoms with E-state index in [0.29, 0.717) is 0 Å². The van der Waals surface area contributed by atoms with Gasteiger partial charge in [-0.25, -0.2) is 0 Å². The molecule has 0 saturated carbocycles. The maximum absolute atomic E-state index is 4.09. The minimum absolute atomic E-state index is 0.992. The molecule has 1 aromatic rings. The smallest absolute Gasteiger partial charge is 0.0230 e. The van der Waals surface area contributed by atoms with Crippen LogP contribution in [0, 0.1) is 0 Å². The van der Waals surface area contributed by atoms with Crippen LogP contribution in [0.2, 0.25) is 0 Å². The van der Waals surface area contributed by atoms with Crippen molar-refractivity contribution >= 4 is 11.1 Å². The summed E-state index contributed by atoms with van der Waals surface area (Å²) < 4.78 is 0. The van der Waals surface area contributed by atoms with E-state index in [1.807, 2.05) is 6.08 Å². The summed E-state index contributed by atoms with van der Waals surface area (Å²) in [5.74, 6) is 0. The summed E-state index contributed by atoms with van der Waals surface area (Å²) in [6, 6.07) is 8.61. The van der Waals surface area contributed by atoms with Gasteiger partial charge in [-0.3, -0.25) is 0 Å². The van der Waals surface area contributed by atoms with Crippen molar-refractivity contribution in [3.8, 4) is 0 Å². The Bertz CT molecular complexity index is 391. The normalized spacial score (nSPS) is 11.2. The molecule has 0 N–H and O–H groups in total. The highest BCUT2D eigenvalue weighted by Gasteiger charge is 1.99. The molecule has 0 heterocycles. The molecule has 0 aliphatic heterocycles. The van der Waals surface area contributed by atoms with E-state index >= 15 is 0 Å². The lowest BCUT2D eigenvalue weighted by molar-refractivity contribution is 1.08. The van der Waals surface area contributed by atoms with Crippen LogP contribution >= 0.6 is 0 Å². The van der Waals surface area contributed by atoms with Crippen LogP contribution in [0.25, 0.3) is 11.1 Å². The van der Waals surface area contributed by atoms with Gasteiger partial charge in [0.2, 0.25) is 0 Å². The van der Waals surface area contributed by atoms with Crippen LogP contribution in [0.1, 0.15) is 37.8 Å². The molecule has 0 spiro atoms. The Morgan fingerprint density at radius 1 is 1.19 bits per heavy atom. The average molecular weight is 212 g/mol. The number of benzene rings is 1. The third-order valence-corrected chi connectivity index (χ3v) is 2.83. The zero-order chi connectivity index (χ0) is 12.0. The molecule has 0 nitrogen and oxygen atoms in total.